The minimum atomic E-state index is -1.78. The lowest BCUT2D eigenvalue weighted by atomic mass is 10.3. The van der Waals surface area contributed by atoms with Crippen molar-refractivity contribution in [3.63, 3.8) is 0 Å². The van der Waals surface area contributed by atoms with Crippen molar-refractivity contribution in [2.75, 3.05) is 71.7 Å². The molecule has 0 aromatic carbocycles. The number of amides is 4. The molecule has 11 N–H and O–H groups in total. The number of carbonyl (C=O) groups excluding carboxylic acids is 8. The molecule has 40 heteroatoms. The fourth-order valence-electron chi connectivity index (χ4n) is 2.73. The standard InChI is InChI=1S/C7H15N3O5S.2C7H14N2O5S.2C6H13NO4S.C4H9NO2/c1-5(7(12)9-13)10(3)15-16(14)4-8-6(2)11;1-5(7(11)13-3)9-14-15(12)4-8-6(2)10;1-5(7(11)12)9(3)14-15(13)4-8-6(2)10;2*1-4-12(9)11-7-5(2)6(8)10-3;1-3(5)4(6)7-2/h5,13H,4H2,1-3H3,(H,8,11)(H,9,12);5,9H,4H2,1-3H3,(H,8,10);5H,4H2,1-3H3,(H,8,10)(H,11,12);2*5,7H,4H2,1-3H3;3H,5H2,1-2H3. The van der Waals surface area contributed by atoms with Gasteiger partial charge in [0.15, 0.2) is 55.4 Å². The molecule has 0 rings (SSSR count). The van der Waals surface area contributed by atoms with Crippen molar-refractivity contribution in [3.05, 3.63) is 0 Å². The number of nitrogens with zero attached hydrogens (tertiary/aromatic N) is 2. The molecule has 0 bridgehead atoms. The maximum absolute atomic E-state index is 11.2. The molecule has 11 atom stereocenters. The summed E-state index contributed by atoms with van der Waals surface area (Å²) in [5.74, 6) is -4.32. The highest BCUT2D eigenvalue weighted by Crippen LogP contribution is 2.00. The van der Waals surface area contributed by atoms with E-state index < -0.39 is 121 Å². The van der Waals surface area contributed by atoms with Crippen molar-refractivity contribution in [1.82, 2.24) is 48.0 Å². The molecule has 0 radical (unpaired) electrons. The summed E-state index contributed by atoms with van der Waals surface area (Å²) in [5, 5.41) is 25.8. The Kier molecular flexibility index (Phi) is 56.8. The number of carboxylic acid groups (broad SMARTS) is 1. The van der Waals surface area contributed by atoms with E-state index in [0.717, 1.165) is 10.1 Å². The van der Waals surface area contributed by atoms with Crippen molar-refractivity contribution >= 4 is 109 Å². The number of carbonyl (C=O) groups is 9. The molecule has 0 aliphatic rings. The molecular weight excluding hydrogens is 1140 g/mol. The van der Waals surface area contributed by atoms with E-state index in [4.69, 9.17) is 24.6 Å². The number of ether oxygens (including phenoxy) is 4. The van der Waals surface area contributed by atoms with Crippen LogP contribution in [0.2, 0.25) is 0 Å². The van der Waals surface area contributed by atoms with E-state index in [1.165, 1.54) is 89.6 Å². The Morgan fingerprint density at radius 3 is 0.987 bits per heavy atom. The van der Waals surface area contributed by atoms with Gasteiger partial charge in [0.1, 0.15) is 53.9 Å². The topological polar surface area (TPSA) is 479 Å². The molecule has 4 amide bonds. The number of esters is 4. The van der Waals surface area contributed by atoms with Crippen molar-refractivity contribution in [1.29, 1.82) is 0 Å². The van der Waals surface area contributed by atoms with E-state index in [0.29, 0.717) is 11.5 Å². The Morgan fingerprint density at radius 2 is 0.766 bits per heavy atom. The monoisotopic (exact) mass is 1220 g/mol. The number of hydroxylamine groups is 8. The van der Waals surface area contributed by atoms with Crippen LogP contribution in [0.4, 0.5) is 0 Å². The van der Waals surface area contributed by atoms with Crippen LogP contribution in [0, 0.1) is 0 Å². The van der Waals surface area contributed by atoms with Gasteiger partial charge in [0.05, 0.1) is 28.4 Å². The zero-order chi connectivity index (χ0) is 61.6. The van der Waals surface area contributed by atoms with E-state index in [9.17, 15) is 64.2 Å². The van der Waals surface area contributed by atoms with Crippen molar-refractivity contribution in [2.24, 2.45) is 5.73 Å². The number of rotatable bonds is 29. The number of carboxylic acids is 1. The lowest BCUT2D eigenvalue weighted by Crippen LogP contribution is -2.43. The predicted octanol–water partition coefficient (Wildman–Crippen LogP) is -4.58. The second-order valence-electron chi connectivity index (χ2n) is 13.8. The molecule has 0 fully saturated rings. The van der Waals surface area contributed by atoms with Crippen LogP contribution >= 0.6 is 0 Å². The summed E-state index contributed by atoms with van der Waals surface area (Å²) in [6.45, 7) is 16.3. The highest BCUT2D eigenvalue weighted by atomic mass is 32.2. The second kappa shape index (κ2) is 52.2. The van der Waals surface area contributed by atoms with E-state index in [2.05, 4.69) is 64.2 Å². The first-order valence-corrected chi connectivity index (χ1v) is 27.8. The first-order valence-electron chi connectivity index (χ1n) is 21.6. The average molecular weight is 1220 g/mol. The van der Waals surface area contributed by atoms with Gasteiger partial charge in [-0.2, -0.15) is 48.0 Å². The van der Waals surface area contributed by atoms with Crippen LogP contribution in [0.5, 0.6) is 0 Å². The number of aliphatic carboxylic acids is 1. The number of hydrogen-bond donors (Lipinski definition) is 10. The lowest BCUT2D eigenvalue weighted by molar-refractivity contribution is -0.153. The first kappa shape index (κ1) is 83.8. The highest BCUT2D eigenvalue weighted by Gasteiger charge is 2.22. The van der Waals surface area contributed by atoms with Gasteiger partial charge < -0.3 is 45.7 Å². The molecule has 0 aromatic rings. The van der Waals surface area contributed by atoms with Gasteiger partial charge in [0, 0.05) is 46.4 Å². The van der Waals surface area contributed by atoms with E-state index >= 15 is 0 Å². The maximum atomic E-state index is 11.2. The molecular formula is C37H78N10O25S5. The quantitative estimate of drug-likeness (QED) is 0.0146. The largest absolute Gasteiger partial charge is 0.480 e. The lowest BCUT2D eigenvalue weighted by Gasteiger charge is -2.20. The zero-order valence-corrected chi connectivity index (χ0v) is 49.9. The molecule has 0 heterocycles. The maximum Gasteiger partial charge on any atom is 0.324 e. The van der Waals surface area contributed by atoms with Gasteiger partial charge in [-0.1, -0.05) is 13.8 Å². The number of nitrogens with one attached hydrogen (secondary N) is 7. The molecule has 0 saturated carbocycles. The summed E-state index contributed by atoms with van der Waals surface area (Å²) in [4.78, 5) is 95.4. The fourth-order valence-corrected chi connectivity index (χ4v) is 5.63. The molecule has 11 unspecified atom stereocenters. The number of likely N-dealkylation sites (N-methyl/N-ethyl adjacent to an activating group) is 2. The van der Waals surface area contributed by atoms with Crippen LogP contribution in [0.3, 0.4) is 0 Å². The SMILES string of the molecule is CC(=O)NCS(=O)ON(C)C(C)C(=O)NO.CC(=O)NCS(=O)ON(C)C(C)C(=O)O.CCS(=O)ONC(C)C(=O)OC.CCS(=O)ONC(C)C(=O)OC.COC(=O)C(C)N.COC(=O)C(C)NOS(=O)CNC(C)=O. The average Bonchev–Trinajstić information content (AvgIpc) is 3.39. The van der Waals surface area contributed by atoms with Crippen LogP contribution in [-0.4, -0.2) is 203 Å². The van der Waals surface area contributed by atoms with Crippen molar-refractivity contribution in [3.8, 4) is 0 Å². The Bertz CT molecular complexity index is 1840. The summed E-state index contributed by atoms with van der Waals surface area (Å²) in [6, 6.07) is -4.16. The van der Waals surface area contributed by atoms with Crippen LogP contribution in [0.1, 0.15) is 76.2 Å². The molecule has 35 nitrogen and oxygen atoms in total. The van der Waals surface area contributed by atoms with Crippen LogP contribution in [-0.2, 0) is 139 Å². The second-order valence-corrected chi connectivity index (χ2v) is 19.6. The van der Waals surface area contributed by atoms with Gasteiger partial charge in [-0.3, -0.25) is 48.4 Å². The highest BCUT2D eigenvalue weighted by molar-refractivity contribution is 7.81. The summed E-state index contributed by atoms with van der Waals surface area (Å²) in [7, 11) is 7.82. The number of hydrogen-bond acceptors (Lipinski definition) is 30. The fraction of sp³-hybridized carbons (Fsp3) is 0.757. The third-order valence-corrected chi connectivity index (χ3v) is 11.1. The zero-order valence-electron chi connectivity index (χ0n) is 45.8. The van der Waals surface area contributed by atoms with Gasteiger partial charge in [-0.05, 0) is 41.5 Å². The normalized spacial score (nSPS) is 14.5. The minimum Gasteiger partial charge on any atom is -0.480 e. The van der Waals surface area contributed by atoms with E-state index in [1.54, 1.807) is 34.6 Å². The molecule has 0 spiro atoms. The Morgan fingerprint density at radius 1 is 0.494 bits per heavy atom. The molecule has 0 aromatic heterocycles. The number of nitrogens with two attached hydrogens (primary N) is 1. The van der Waals surface area contributed by atoms with Gasteiger partial charge in [-0.25, -0.2) is 26.5 Å². The van der Waals surface area contributed by atoms with Crippen LogP contribution < -0.4 is 43.6 Å². The predicted molar refractivity (Wildman–Crippen MR) is 275 cm³/mol. The summed E-state index contributed by atoms with van der Waals surface area (Å²) in [5.41, 5.74) is 13.4. The summed E-state index contributed by atoms with van der Waals surface area (Å²) >= 11 is -8.06. The molecule has 0 saturated heterocycles. The third kappa shape index (κ3) is 54.6. The van der Waals surface area contributed by atoms with Gasteiger partial charge >= 0.3 is 29.8 Å². The summed E-state index contributed by atoms with van der Waals surface area (Å²) in [6.07, 6.45) is 0. The Balaban J connectivity index is -0.000000199. The molecule has 0 aliphatic heterocycles. The van der Waals surface area contributed by atoms with Crippen molar-refractivity contribution < 1.29 is 115 Å². The van der Waals surface area contributed by atoms with Gasteiger partial charge in [0.2, 0.25) is 17.7 Å². The molecule has 0 aliphatic carbocycles. The third-order valence-electron chi connectivity index (χ3n) is 7.32. The Hall–Kier alpha value is -4.50. The first-order chi connectivity index (χ1) is 35.6. The van der Waals surface area contributed by atoms with Crippen molar-refractivity contribution in [2.45, 2.75) is 112 Å². The van der Waals surface area contributed by atoms with E-state index in [-0.39, 0.29) is 41.3 Å². The number of methoxy groups -OCH3 is 4. The summed E-state index contributed by atoms with van der Waals surface area (Å²) < 4.78 is 95.5. The smallest absolute Gasteiger partial charge is 0.324 e. The van der Waals surface area contributed by atoms with Crippen LogP contribution in [0.15, 0.2) is 0 Å². The van der Waals surface area contributed by atoms with Gasteiger partial charge in [0.25, 0.3) is 5.91 Å². The minimum absolute atomic E-state index is 0.143. The van der Waals surface area contributed by atoms with E-state index in [1.807, 2.05) is 0 Å². The molecule has 456 valence electrons. The molecule has 77 heavy (non-hydrogen) atoms. The van der Waals surface area contributed by atoms with Crippen LogP contribution in [0.25, 0.3) is 0 Å². The van der Waals surface area contributed by atoms with Gasteiger partial charge in [-0.15, -0.1) is 0 Å². The Labute approximate surface area is 459 Å².